The van der Waals surface area contributed by atoms with Crippen LogP contribution in [-0.4, -0.2) is 23.9 Å². The lowest BCUT2D eigenvalue weighted by molar-refractivity contribution is -0.465. The number of hydrogen-bond acceptors (Lipinski definition) is 3. The van der Waals surface area contributed by atoms with Gasteiger partial charge in [-0.1, -0.05) is 9.37 Å². The van der Waals surface area contributed by atoms with E-state index in [9.17, 15) is 35.6 Å². The molecule has 0 aromatic carbocycles. The van der Waals surface area contributed by atoms with Crippen LogP contribution in [0.4, 0.5) is 35.6 Å². The van der Waals surface area contributed by atoms with Gasteiger partial charge in [-0.2, -0.15) is 0 Å². The summed E-state index contributed by atoms with van der Waals surface area (Å²) in [6.45, 7) is 0. The minimum Gasteiger partial charge on any atom is -0.265 e. The Kier molecular flexibility index (Phi) is 3.51. The molecule has 11 heteroatoms. The zero-order valence-corrected chi connectivity index (χ0v) is 5.82. The molecule has 0 aliphatic rings. The highest BCUT2D eigenvalue weighted by molar-refractivity contribution is 5.65. The Hall–Kier alpha value is -1.26. The molecule has 4 nitrogen and oxygen atoms in total. The molecule has 0 heterocycles. The average Bonchev–Trinajstić information content (AvgIpc) is 1.95. The van der Waals surface area contributed by atoms with Gasteiger partial charge in [0.1, 0.15) is 0 Å². The minimum absolute atomic E-state index is 2.18. The summed E-state index contributed by atoms with van der Waals surface area (Å²) in [4.78, 5) is 14.5. The predicted octanol–water partition coefficient (Wildman–Crippen LogP) is 2.28. The molecule has 0 unspecified atom stereocenters. The molecule has 0 rings (SSSR count). The second-order valence-corrected chi connectivity index (χ2v) is 1.63. The van der Waals surface area contributed by atoms with Gasteiger partial charge in [0.2, 0.25) is 0 Å². The van der Waals surface area contributed by atoms with Gasteiger partial charge < -0.3 is 0 Å². The van der Waals surface area contributed by atoms with Gasteiger partial charge >= 0.3 is 18.8 Å². The van der Waals surface area contributed by atoms with Crippen molar-refractivity contribution in [3.05, 3.63) is 0 Å². The van der Waals surface area contributed by atoms with E-state index in [1.165, 1.54) is 0 Å². The van der Waals surface area contributed by atoms with Crippen LogP contribution in [0.2, 0.25) is 0 Å². The first-order valence-electron chi connectivity index (χ1n) is 2.53. The van der Waals surface area contributed by atoms with Crippen molar-refractivity contribution in [1.29, 1.82) is 0 Å². The van der Waals surface area contributed by atoms with E-state index in [4.69, 9.17) is 0 Å². The fourth-order valence-corrected chi connectivity index (χ4v) is 0.219. The van der Waals surface area contributed by atoms with E-state index in [-0.39, 0.29) is 0 Å². The third-order valence-electron chi connectivity index (χ3n) is 0.590. The number of nitrogens with zero attached hydrogens (tertiary/aromatic N) is 1. The molecule has 0 fully saturated rings. The monoisotopic (exact) mass is 231 g/mol. The quantitative estimate of drug-likeness (QED) is 0.228. The molecule has 14 heavy (non-hydrogen) atoms. The molecule has 0 atom stereocenters. The van der Waals surface area contributed by atoms with Crippen LogP contribution in [0.5, 0.6) is 0 Å². The smallest absolute Gasteiger partial charge is 0.265 e. The van der Waals surface area contributed by atoms with Gasteiger partial charge in [-0.15, -0.1) is 26.3 Å². The van der Waals surface area contributed by atoms with E-state index < -0.39 is 23.9 Å². The highest BCUT2D eigenvalue weighted by Gasteiger charge is 2.46. The van der Waals surface area contributed by atoms with Crippen molar-refractivity contribution in [2.75, 3.05) is 0 Å². The van der Waals surface area contributed by atoms with E-state index in [1.807, 2.05) is 0 Å². The third-order valence-corrected chi connectivity index (χ3v) is 0.590. The maximum atomic E-state index is 11.7. The van der Waals surface area contributed by atoms with E-state index in [0.29, 0.717) is 0 Å². The maximum absolute atomic E-state index is 11.7. The first-order valence-corrected chi connectivity index (χ1v) is 2.53. The molecule has 0 aromatic heterocycles. The molecule has 0 saturated carbocycles. The molecule has 0 aliphatic carbocycles. The summed E-state index contributed by atoms with van der Waals surface area (Å²) in [7, 11) is 0. The van der Waals surface area contributed by atoms with Gasteiger partial charge in [0.05, 0.1) is 0 Å². The lowest BCUT2D eigenvalue weighted by atomic mass is 11.0. The average molecular weight is 231 g/mol. The van der Waals surface area contributed by atoms with Crippen LogP contribution in [-0.2, 0) is 9.78 Å². The van der Waals surface area contributed by atoms with Gasteiger partial charge in [-0.05, 0) is 5.12 Å². The van der Waals surface area contributed by atoms with Gasteiger partial charge in [-0.3, -0.25) is 4.89 Å². The SMILES string of the molecule is O=C(OOC(F)(F)F)N(F)C(F)(F)F. The van der Waals surface area contributed by atoms with Crippen molar-refractivity contribution in [2.24, 2.45) is 0 Å². The van der Waals surface area contributed by atoms with Crippen molar-refractivity contribution >= 4 is 6.09 Å². The molecule has 1 amide bonds. The normalized spacial score (nSPS) is 12.5. The van der Waals surface area contributed by atoms with E-state index in [0.717, 1.165) is 0 Å². The van der Waals surface area contributed by atoms with Crippen LogP contribution in [0.15, 0.2) is 0 Å². The van der Waals surface area contributed by atoms with Crippen LogP contribution < -0.4 is 0 Å². The van der Waals surface area contributed by atoms with Crippen molar-refractivity contribution < 1.29 is 45.4 Å². The minimum atomic E-state index is -5.80. The molecular weight excluding hydrogens is 231 g/mol. The first kappa shape index (κ1) is 12.7. The molecule has 0 aromatic rings. The maximum Gasteiger partial charge on any atom is 0.558 e. The molecule has 0 bridgehead atoms. The standard InChI is InChI=1S/C3F7NO3/c4-2(5,6)11(10)1(12)13-14-3(7,8)9. The number of carbonyl (C=O) groups is 1. The molecule has 0 radical (unpaired) electrons. The van der Waals surface area contributed by atoms with Crippen LogP contribution in [0.1, 0.15) is 0 Å². The number of alkyl halides is 6. The Balaban J connectivity index is 4.11. The Morgan fingerprint density at radius 3 is 1.79 bits per heavy atom. The summed E-state index contributed by atoms with van der Waals surface area (Å²) in [5, 5.41) is -2.52. The second kappa shape index (κ2) is 3.86. The first-order chi connectivity index (χ1) is 6.04. The summed E-state index contributed by atoms with van der Waals surface area (Å²) in [5.41, 5.74) is 0. The van der Waals surface area contributed by atoms with E-state index in [2.05, 4.69) is 9.78 Å². The summed E-state index contributed by atoms with van der Waals surface area (Å²) in [6.07, 6.45) is -14.3. The zero-order valence-electron chi connectivity index (χ0n) is 5.82. The largest absolute Gasteiger partial charge is 0.558 e. The van der Waals surface area contributed by atoms with Crippen molar-refractivity contribution in [3.63, 3.8) is 0 Å². The summed E-state index contributed by atoms with van der Waals surface area (Å²) in [6, 6.07) is 0. The summed E-state index contributed by atoms with van der Waals surface area (Å²) < 4.78 is 78.5. The second-order valence-electron chi connectivity index (χ2n) is 1.63. The molecular formula is C3F7NO3. The fraction of sp³-hybridized carbons (Fsp3) is 0.667. The van der Waals surface area contributed by atoms with Crippen molar-refractivity contribution in [1.82, 2.24) is 5.12 Å². The number of rotatable bonds is 1. The third kappa shape index (κ3) is 4.69. The topological polar surface area (TPSA) is 38.8 Å². The Bertz CT molecular complexity index is 209. The van der Waals surface area contributed by atoms with Gasteiger partial charge in [0, 0.05) is 0 Å². The number of amides is 1. The Morgan fingerprint density at radius 1 is 1.07 bits per heavy atom. The van der Waals surface area contributed by atoms with E-state index in [1.54, 1.807) is 0 Å². The van der Waals surface area contributed by atoms with Crippen molar-refractivity contribution in [2.45, 2.75) is 12.7 Å². The molecule has 84 valence electrons. The van der Waals surface area contributed by atoms with Gasteiger partial charge in [-0.25, -0.2) is 4.79 Å². The van der Waals surface area contributed by atoms with Crippen LogP contribution >= 0.6 is 0 Å². The Morgan fingerprint density at radius 2 is 1.50 bits per heavy atom. The predicted molar refractivity (Wildman–Crippen MR) is 22.6 cm³/mol. The number of carbonyl (C=O) groups excluding carboxylic acids is 1. The molecule has 0 N–H and O–H groups in total. The van der Waals surface area contributed by atoms with Crippen LogP contribution in [0.25, 0.3) is 0 Å². The molecule has 0 aliphatic heterocycles. The fourth-order valence-electron chi connectivity index (χ4n) is 0.219. The summed E-state index contributed by atoms with van der Waals surface area (Å²) >= 11 is 0. The Labute approximate surface area is 70.6 Å². The molecule has 0 spiro atoms. The highest BCUT2D eigenvalue weighted by atomic mass is 19.4. The van der Waals surface area contributed by atoms with E-state index >= 15 is 0 Å². The van der Waals surface area contributed by atoms with Gasteiger partial charge in [0.25, 0.3) is 0 Å². The lowest BCUT2D eigenvalue weighted by Gasteiger charge is -2.13. The van der Waals surface area contributed by atoms with Crippen LogP contribution in [0.3, 0.4) is 0 Å². The molecule has 0 saturated heterocycles. The van der Waals surface area contributed by atoms with Gasteiger partial charge in [0.15, 0.2) is 0 Å². The lowest BCUT2D eigenvalue weighted by Crippen LogP contribution is -2.37. The highest BCUT2D eigenvalue weighted by Crippen LogP contribution is 2.24. The number of hydrogen-bond donors (Lipinski definition) is 0. The van der Waals surface area contributed by atoms with Crippen molar-refractivity contribution in [3.8, 4) is 0 Å². The summed E-state index contributed by atoms with van der Waals surface area (Å²) in [5.74, 6) is 0. The zero-order chi connectivity index (χ0) is 11.6. The van der Waals surface area contributed by atoms with Crippen LogP contribution in [0, 0.1) is 0 Å². The number of halogens is 7.